The summed E-state index contributed by atoms with van der Waals surface area (Å²) >= 11 is 5.82. The van der Waals surface area contributed by atoms with Gasteiger partial charge in [-0.3, -0.25) is 9.59 Å². The molecule has 2 unspecified atom stereocenters. The van der Waals surface area contributed by atoms with Gasteiger partial charge < -0.3 is 10.4 Å². The summed E-state index contributed by atoms with van der Waals surface area (Å²) in [5, 5.41) is 12.0. The molecular formula is C14H16ClNO3. The molecule has 2 N–H and O–H groups in total. The van der Waals surface area contributed by atoms with E-state index < -0.39 is 17.9 Å². The summed E-state index contributed by atoms with van der Waals surface area (Å²) in [4.78, 5) is 22.4. The summed E-state index contributed by atoms with van der Waals surface area (Å²) in [7, 11) is 0. The molecular weight excluding hydrogens is 266 g/mol. The van der Waals surface area contributed by atoms with Crippen LogP contribution in [0.15, 0.2) is 30.3 Å². The molecule has 0 spiro atoms. The van der Waals surface area contributed by atoms with Gasteiger partial charge in [0.2, 0.25) is 5.91 Å². The summed E-state index contributed by atoms with van der Waals surface area (Å²) < 4.78 is 0. The SMILES string of the molecule is CC(NC(=O)/C=C/c1cccc(Cl)c1)C(C)C(=O)O. The summed E-state index contributed by atoms with van der Waals surface area (Å²) in [6.45, 7) is 3.21. The van der Waals surface area contributed by atoms with Crippen LogP contribution in [-0.2, 0) is 9.59 Å². The smallest absolute Gasteiger partial charge is 0.308 e. The normalized spacial score (nSPS) is 14.1. The summed E-state index contributed by atoms with van der Waals surface area (Å²) in [6, 6.07) is 6.65. The maximum Gasteiger partial charge on any atom is 0.308 e. The molecule has 2 atom stereocenters. The number of hydrogen-bond acceptors (Lipinski definition) is 2. The van der Waals surface area contributed by atoms with Gasteiger partial charge in [-0.1, -0.05) is 23.7 Å². The molecule has 0 radical (unpaired) electrons. The van der Waals surface area contributed by atoms with E-state index in [0.29, 0.717) is 5.02 Å². The lowest BCUT2D eigenvalue weighted by Crippen LogP contribution is -2.39. The molecule has 0 bridgehead atoms. The van der Waals surface area contributed by atoms with Crippen LogP contribution in [0, 0.1) is 5.92 Å². The van der Waals surface area contributed by atoms with Crippen LogP contribution in [0.25, 0.3) is 6.08 Å². The third-order valence-corrected chi connectivity index (χ3v) is 3.02. The van der Waals surface area contributed by atoms with Crippen LogP contribution in [0.3, 0.4) is 0 Å². The Morgan fingerprint density at radius 3 is 2.63 bits per heavy atom. The Labute approximate surface area is 117 Å². The summed E-state index contributed by atoms with van der Waals surface area (Å²) in [5.74, 6) is -1.91. The molecule has 0 saturated carbocycles. The fraction of sp³-hybridized carbons (Fsp3) is 0.286. The highest BCUT2D eigenvalue weighted by molar-refractivity contribution is 6.30. The van der Waals surface area contributed by atoms with E-state index in [9.17, 15) is 9.59 Å². The topological polar surface area (TPSA) is 66.4 Å². The highest BCUT2D eigenvalue weighted by Crippen LogP contribution is 2.11. The van der Waals surface area contributed by atoms with Crippen LogP contribution in [0.1, 0.15) is 19.4 Å². The van der Waals surface area contributed by atoms with E-state index in [4.69, 9.17) is 16.7 Å². The second-order valence-electron chi connectivity index (χ2n) is 4.31. The van der Waals surface area contributed by atoms with Gasteiger partial charge in [0, 0.05) is 17.1 Å². The fourth-order valence-electron chi connectivity index (χ4n) is 1.39. The van der Waals surface area contributed by atoms with Crippen molar-refractivity contribution in [2.45, 2.75) is 19.9 Å². The largest absolute Gasteiger partial charge is 0.481 e. The molecule has 1 aromatic carbocycles. The second kappa shape index (κ2) is 6.95. The van der Waals surface area contributed by atoms with Crippen molar-refractivity contribution in [1.82, 2.24) is 5.32 Å². The van der Waals surface area contributed by atoms with Gasteiger partial charge in [0.25, 0.3) is 0 Å². The van der Waals surface area contributed by atoms with Crippen molar-refractivity contribution in [3.63, 3.8) is 0 Å². The van der Waals surface area contributed by atoms with Gasteiger partial charge in [0.1, 0.15) is 0 Å². The van der Waals surface area contributed by atoms with Gasteiger partial charge in [-0.2, -0.15) is 0 Å². The standard InChI is InChI=1S/C14H16ClNO3/c1-9(14(18)19)10(2)16-13(17)7-6-11-4-3-5-12(15)8-11/h3-10H,1-2H3,(H,16,17)(H,18,19)/b7-6+. The predicted octanol–water partition coefficient (Wildman–Crippen LogP) is 2.58. The molecule has 0 aliphatic heterocycles. The van der Waals surface area contributed by atoms with Crippen LogP contribution in [0.4, 0.5) is 0 Å². The first-order chi connectivity index (χ1) is 8.90. The molecule has 5 heteroatoms. The fourth-order valence-corrected chi connectivity index (χ4v) is 1.59. The molecule has 19 heavy (non-hydrogen) atoms. The van der Waals surface area contributed by atoms with Crippen LogP contribution in [-0.4, -0.2) is 23.0 Å². The van der Waals surface area contributed by atoms with Crippen molar-refractivity contribution >= 4 is 29.6 Å². The first-order valence-electron chi connectivity index (χ1n) is 5.87. The number of benzene rings is 1. The zero-order chi connectivity index (χ0) is 14.4. The van der Waals surface area contributed by atoms with Gasteiger partial charge in [0.15, 0.2) is 0 Å². The number of carboxylic acid groups (broad SMARTS) is 1. The van der Waals surface area contributed by atoms with Gasteiger partial charge in [0.05, 0.1) is 5.92 Å². The quantitative estimate of drug-likeness (QED) is 0.815. The Hall–Kier alpha value is -1.81. The molecule has 0 saturated heterocycles. The van der Waals surface area contributed by atoms with E-state index in [1.807, 2.05) is 6.07 Å². The number of carbonyl (C=O) groups excluding carboxylic acids is 1. The average molecular weight is 282 g/mol. The number of aliphatic carboxylic acids is 1. The summed E-state index contributed by atoms with van der Waals surface area (Å²) in [6.07, 6.45) is 2.98. The maximum atomic E-state index is 11.6. The highest BCUT2D eigenvalue weighted by atomic mass is 35.5. The van der Waals surface area contributed by atoms with Crippen LogP contribution >= 0.6 is 11.6 Å². The van der Waals surface area contributed by atoms with E-state index in [0.717, 1.165) is 5.56 Å². The predicted molar refractivity (Wildman–Crippen MR) is 74.9 cm³/mol. The van der Waals surface area contributed by atoms with Gasteiger partial charge in [-0.05, 0) is 37.6 Å². The van der Waals surface area contributed by atoms with E-state index in [1.54, 1.807) is 38.1 Å². The number of carboxylic acids is 1. The second-order valence-corrected chi connectivity index (χ2v) is 4.75. The molecule has 1 aromatic rings. The molecule has 4 nitrogen and oxygen atoms in total. The first-order valence-corrected chi connectivity index (χ1v) is 6.25. The minimum absolute atomic E-state index is 0.333. The minimum atomic E-state index is -0.938. The average Bonchev–Trinajstić information content (AvgIpc) is 2.35. The Morgan fingerprint density at radius 2 is 2.05 bits per heavy atom. The number of carbonyl (C=O) groups is 2. The van der Waals surface area contributed by atoms with E-state index in [-0.39, 0.29) is 5.91 Å². The Balaban J connectivity index is 2.58. The van der Waals surface area contributed by atoms with Crippen molar-refractivity contribution in [2.24, 2.45) is 5.92 Å². The zero-order valence-corrected chi connectivity index (χ0v) is 11.5. The Kier molecular flexibility index (Phi) is 5.57. The third-order valence-electron chi connectivity index (χ3n) is 2.79. The van der Waals surface area contributed by atoms with E-state index >= 15 is 0 Å². The number of halogens is 1. The molecule has 1 rings (SSSR count). The molecule has 0 aromatic heterocycles. The van der Waals surface area contributed by atoms with Crippen LogP contribution < -0.4 is 5.32 Å². The number of hydrogen-bond donors (Lipinski definition) is 2. The number of nitrogens with one attached hydrogen (secondary N) is 1. The first kappa shape index (κ1) is 15.2. The van der Waals surface area contributed by atoms with E-state index in [2.05, 4.69) is 5.32 Å². The van der Waals surface area contributed by atoms with Gasteiger partial charge in [-0.25, -0.2) is 0 Å². The van der Waals surface area contributed by atoms with Gasteiger partial charge in [-0.15, -0.1) is 0 Å². The summed E-state index contributed by atoms with van der Waals surface area (Å²) in [5.41, 5.74) is 0.807. The van der Waals surface area contributed by atoms with Crippen LogP contribution in [0.5, 0.6) is 0 Å². The van der Waals surface area contributed by atoms with Crippen molar-refractivity contribution in [3.8, 4) is 0 Å². The lowest BCUT2D eigenvalue weighted by Gasteiger charge is -2.16. The molecule has 0 aliphatic carbocycles. The monoisotopic (exact) mass is 281 g/mol. The zero-order valence-electron chi connectivity index (χ0n) is 10.8. The van der Waals surface area contributed by atoms with E-state index in [1.165, 1.54) is 6.08 Å². The number of rotatable bonds is 5. The van der Waals surface area contributed by atoms with Crippen molar-refractivity contribution in [3.05, 3.63) is 40.9 Å². The lowest BCUT2D eigenvalue weighted by atomic mass is 10.0. The molecule has 1 amide bonds. The minimum Gasteiger partial charge on any atom is -0.481 e. The molecule has 102 valence electrons. The van der Waals surface area contributed by atoms with Crippen LogP contribution in [0.2, 0.25) is 5.02 Å². The Bertz CT molecular complexity index is 499. The van der Waals surface area contributed by atoms with Crippen molar-refractivity contribution in [2.75, 3.05) is 0 Å². The number of amides is 1. The van der Waals surface area contributed by atoms with Crippen molar-refractivity contribution < 1.29 is 14.7 Å². The van der Waals surface area contributed by atoms with Gasteiger partial charge >= 0.3 is 5.97 Å². The third kappa shape index (κ3) is 5.14. The lowest BCUT2D eigenvalue weighted by molar-refractivity contribution is -0.142. The van der Waals surface area contributed by atoms with Crippen molar-refractivity contribution in [1.29, 1.82) is 0 Å². The maximum absolute atomic E-state index is 11.6. The molecule has 0 heterocycles. The molecule has 0 aliphatic rings. The highest BCUT2D eigenvalue weighted by Gasteiger charge is 2.19. The molecule has 0 fully saturated rings. The Morgan fingerprint density at radius 1 is 1.37 bits per heavy atom.